The molecule has 3 aromatic rings. The van der Waals surface area contributed by atoms with Gasteiger partial charge in [0.05, 0.1) is 11.6 Å². The summed E-state index contributed by atoms with van der Waals surface area (Å²) in [6.07, 6.45) is 0. The molecule has 0 aliphatic carbocycles. The summed E-state index contributed by atoms with van der Waals surface area (Å²) in [4.78, 5) is 12.9. The Morgan fingerprint density at radius 3 is 2.59 bits per heavy atom. The van der Waals surface area contributed by atoms with E-state index in [2.05, 4.69) is 10.6 Å². The van der Waals surface area contributed by atoms with Gasteiger partial charge in [-0.05, 0) is 42.5 Å². The van der Waals surface area contributed by atoms with Crippen molar-refractivity contribution >= 4 is 61.9 Å². The van der Waals surface area contributed by atoms with Crippen molar-refractivity contribution in [3.8, 4) is 5.75 Å². The molecule has 140 valence electrons. The van der Waals surface area contributed by atoms with E-state index in [0.717, 1.165) is 21.5 Å². The molecule has 0 bridgehead atoms. The molecular weight excluding hydrogens is 404 g/mol. The standard InChI is InChI=1S/C19H17ClN2O3S2/c1-24-10-11-25-13-8-6-12(7-9-13)21-19(26)22-18(23)17-16(20)14-4-2-3-5-15(14)27-17/h2-9H,10-11H2,1H3,(H2,21,22,23,26). The van der Waals surface area contributed by atoms with Gasteiger partial charge in [0.1, 0.15) is 17.2 Å². The van der Waals surface area contributed by atoms with Crippen molar-refractivity contribution in [2.24, 2.45) is 0 Å². The minimum atomic E-state index is -0.335. The lowest BCUT2D eigenvalue weighted by Crippen LogP contribution is -2.33. The van der Waals surface area contributed by atoms with E-state index in [9.17, 15) is 4.79 Å². The summed E-state index contributed by atoms with van der Waals surface area (Å²) in [5.74, 6) is 0.392. The Labute approximate surface area is 171 Å². The largest absolute Gasteiger partial charge is 0.491 e. The third kappa shape index (κ3) is 4.95. The zero-order valence-electron chi connectivity index (χ0n) is 14.5. The molecule has 0 radical (unpaired) electrons. The number of fused-ring (bicyclic) bond motifs is 1. The van der Waals surface area contributed by atoms with E-state index in [0.29, 0.717) is 23.1 Å². The van der Waals surface area contributed by atoms with Gasteiger partial charge < -0.3 is 14.8 Å². The predicted molar refractivity (Wildman–Crippen MR) is 114 cm³/mol. The second kappa shape index (κ2) is 9.14. The van der Waals surface area contributed by atoms with Crippen LogP contribution in [0.4, 0.5) is 5.69 Å². The van der Waals surface area contributed by atoms with E-state index in [1.54, 1.807) is 7.11 Å². The van der Waals surface area contributed by atoms with E-state index >= 15 is 0 Å². The Morgan fingerprint density at radius 2 is 1.89 bits per heavy atom. The SMILES string of the molecule is COCCOc1ccc(NC(=S)NC(=O)c2sc3ccccc3c2Cl)cc1. The van der Waals surface area contributed by atoms with Gasteiger partial charge in [0.25, 0.3) is 5.91 Å². The first-order valence-corrected chi connectivity index (χ1v) is 9.70. The fourth-order valence-electron chi connectivity index (χ4n) is 2.36. The van der Waals surface area contributed by atoms with E-state index in [4.69, 9.17) is 33.3 Å². The Balaban J connectivity index is 1.59. The molecule has 1 amide bonds. The van der Waals surface area contributed by atoms with Gasteiger partial charge in [0.2, 0.25) is 0 Å². The van der Waals surface area contributed by atoms with Crippen molar-refractivity contribution < 1.29 is 14.3 Å². The van der Waals surface area contributed by atoms with Crippen LogP contribution in [0, 0.1) is 0 Å². The number of anilines is 1. The van der Waals surface area contributed by atoms with Crippen LogP contribution in [0.5, 0.6) is 5.75 Å². The van der Waals surface area contributed by atoms with Crippen molar-refractivity contribution in [1.29, 1.82) is 0 Å². The Morgan fingerprint density at radius 1 is 1.15 bits per heavy atom. The first-order valence-electron chi connectivity index (χ1n) is 8.09. The third-order valence-electron chi connectivity index (χ3n) is 3.64. The van der Waals surface area contributed by atoms with Crippen LogP contribution >= 0.6 is 35.2 Å². The summed E-state index contributed by atoms with van der Waals surface area (Å²) < 4.78 is 11.4. The second-order valence-corrected chi connectivity index (χ2v) is 7.35. The van der Waals surface area contributed by atoms with Gasteiger partial charge in [-0.3, -0.25) is 10.1 Å². The average Bonchev–Trinajstić information content (AvgIpc) is 3.00. The van der Waals surface area contributed by atoms with E-state index in [1.807, 2.05) is 48.5 Å². The van der Waals surface area contributed by atoms with Crippen LogP contribution in [0.2, 0.25) is 5.02 Å². The van der Waals surface area contributed by atoms with E-state index < -0.39 is 0 Å². The maximum Gasteiger partial charge on any atom is 0.269 e. The maximum atomic E-state index is 12.5. The molecule has 0 saturated heterocycles. The van der Waals surface area contributed by atoms with Gasteiger partial charge in [-0.15, -0.1) is 11.3 Å². The molecule has 0 saturated carbocycles. The first kappa shape index (κ1) is 19.6. The minimum absolute atomic E-state index is 0.196. The Bertz CT molecular complexity index is 957. The van der Waals surface area contributed by atoms with Gasteiger partial charge >= 0.3 is 0 Å². The maximum absolute atomic E-state index is 12.5. The number of hydrogen-bond donors (Lipinski definition) is 2. The molecular formula is C19H17ClN2O3S2. The zero-order valence-corrected chi connectivity index (χ0v) is 16.8. The fourth-order valence-corrected chi connectivity index (χ4v) is 3.98. The number of methoxy groups -OCH3 is 1. The summed E-state index contributed by atoms with van der Waals surface area (Å²) in [7, 11) is 1.62. The molecule has 0 spiro atoms. The Kier molecular flexibility index (Phi) is 6.63. The van der Waals surface area contributed by atoms with Gasteiger partial charge in [-0.1, -0.05) is 29.8 Å². The lowest BCUT2D eigenvalue weighted by Gasteiger charge is -2.10. The molecule has 1 heterocycles. The van der Waals surface area contributed by atoms with Crippen LogP contribution in [0.15, 0.2) is 48.5 Å². The van der Waals surface area contributed by atoms with E-state index in [-0.39, 0.29) is 11.0 Å². The van der Waals surface area contributed by atoms with Crippen molar-refractivity contribution in [2.45, 2.75) is 0 Å². The first-order chi connectivity index (χ1) is 13.1. The molecule has 3 rings (SSSR count). The molecule has 0 aliphatic heterocycles. The molecule has 2 N–H and O–H groups in total. The molecule has 5 nitrogen and oxygen atoms in total. The lowest BCUT2D eigenvalue weighted by molar-refractivity contribution is 0.0982. The zero-order chi connectivity index (χ0) is 19.2. The summed E-state index contributed by atoms with van der Waals surface area (Å²) >= 11 is 12.9. The van der Waals surface area contributed by atoms with Crippen LogP contribution in [0.1, 0.15) is 9.67 Å². The molecule has 0 aliphatic rings. The van der Waals surface area contributed by atoms with Crippen LogP contribution in [-0.4, -0.2) is 31.3 Å². The molecule has 1 aromatic heterocycles. The van der Waals surface area contributed by atoms with Crippen molar-refractivity contribution in [2.75, 3.05) is 25.6 Å². The summed E-state index contributed by atoms with van der Waals surface area (Å²) in [6, 6.07) is 14.9. The number of hydrogen-bond acceptors (Lipinski definition) is 5. The van der Waals surface area contributed by atoms with Crippen molar-refractivity contribution in [3.05, 3.63) is 58.4 Å². The highest BCUT2D eigenvalue weighted by Crippen LogP contribution is 2.34. The predicted octanol–water partition coefficient (Wildman–Crippen LogP) is 4.71. The highest BCUT2D eigenvalue weighted by atomic mass is 35.5. The average molecular weight is 421 g/mol. The Hall–Kier alpha value is -2.19. The third-order valence-corrected chi connectivity index (χ3v) is 5.51. The van der Waals surface area contributed by atoms with Crippen LogP contribution < -0.4 is 15.4 Å². The number of carbonyl (C=O) groups excluding carboxylic acids is 1. The van der Waals surface area contributed by atoms with E-state index in [1.165, 1.54) is 11.3 Å². The smallest absolute Gasteiger partial charge is 0.269 e. The number of thiocarbonyl (C=S) groups is 1. The van der Waals surface area contributed by atoms with Gasteiger partial charge in [0, 0.05) is 22.9 Å². The normalized spacial score (nSPS) is 10.6. The molecule has 27 heavy (non-hydrogen) atoms. The van der Waals surface area contributed by atoms with Crippen molar-refractivity contribution in [3.63, 3.8) is 0 Å². The highest BCUT2D eigenvalue weighted by molar-refractivity contribution is 7.80. The second-order valence-electron chi connectivity index (χ2n) is 5.52. The van der Waals surface area contributed by atoms with Gasteiger partial charge in [-0.2, -0.15) is 0 Å². The number of thiophene rings is 1. The molecule has 8 heteroatoms. The van der Waals surface area contributed by atoms with Crippen LogP contribution in [0.25, 0.3) is 10.1 Å². The molecule has 0 fully saturated rings. The fraction of sp³-hybridized carbons (Fsp3) is 0.158. The van der Waals surface area contributed by atoms with Gasteiger partial charge in [-0.25, -0.2) is 0 Å². The minimum Gasteiger partial charge on any atom is -0.491 e. The summed E-state index contributed by atoms with van der Waals surface area (Å²) in [5.41, 5.74) is 0.738. The summed E-state index contributed by atoms with van der Waals surface area (Å²) in [6.45, 7) is 1.00. The number of amides is 1. The van der Waals surface area contributed by atoms with Gasteiger partial charge in [0.15, 0.2) is 5.11 Å². The van der Waals surface area contributed by atoms with Crippen LogP contribution in [0.3, 0.4) is 0 Å². The highest BCUT2D eigenvalue weighted by Gasteiger charge is 2.17. The van der Waals surface area contributed by atoms with Crippen molar-refractivity contribution in [1.82, 2.24) is 5.32 Å². The molecule has 2 aromatic carbocycles. The number of carbonyl (C=O) groups is 1. The lowest BCUT2D eigenvalue weighted by atomic mass is 10.2. The number of halogens is 1. The summed E-state index contributed by atoms with van der Waals surface area (Å²) in [5, 5.41) is 7.13. The number of nitrogens with one attached hydrogen (secondary N) is 2. The van der Waals surface area contributed by atoms with Crippen LogP contribution in [-0.2, 0) is 4.74 Å². The number of ether oxygens (including phenoxy) is 2. The monoisotopic (exact) mass is 420 g/mol. The quantitative estimate of drug-likeness (QED) is 0.447. The number of rotatable bonds is 6. The topological polar surface area (TPSA) is 59.6 Å². The molecule has 0 unspecified atom stereocenters. The number of benzene rings is 2. The molecule has 0 atom stereocenters.